The van der Waals surface area contributed by atoms with E-state index in [0.717, 1.165) is 180 Å². The number of hydrogen-bond donors (Lipinski definition) is 4. The van der Waals surface area contributed by atoms with Crippen LogP contribution in [-0.2, 0) is 0 Å². The lowest BCUT2D eigenvalue weighted by atomic mass is 9.81. The van der Waals surface area contributed by atoms with Crippen LogP contribution in [0.2, 0.25) is 0 Å². The van der Waals surface area contributed by atoms with Crippen molar-refractivity contribution in [3.63, 3.8) is 0 Å². The van der Waals surface area contributed by atoms with Crippen molar-refractivity contribution in [3.8, 4) is 44.5 Å². The zero-order valence-corrected chi connectivity index (χ0v) is 45.5. The first-order valence-corrected chi connectivity index (χ1v) is 28.6. The molecule has 8 rings (SSSR count). The Morgan fingerprint density at radius 1 is 0.276 bits per heavy atom. The van der Waals surface area contributed by atoms with Gasteiger partial charge in [-0.1, -0.05) is 178 Å². The fraction of sp³-hybridized carbons (Fsp3) is 0.353. The van der Waals surface area contributed by atoms with Gasteiger partial charge in [0.05, 0.1) is 0 Å². The van der Waals surface area contributed by atoms with Crippen LogP contribution in [0.3, 0.4) is 0 Å². The minimum atomic E-state index is -0.0728. The third kappa shape index (κ3) is 13.4. The molecule has 4 amide bonds. The monoisotopic (exact) mass is 1010 g/mol. The van der Waals surface area contributed by atoms with Crippen LogP contribution in [0.5, 0.6) is 0 Å². The van der Waals surface area contributed by atoms with Crippen LogP contribution < -0.4 is 21.3 Å². The second-order valence-corrected chi connectivity index (χ2v) is 20.6. The number of carbonyl (C=O) groups is 4. The Morgan fingerprint density at radius 3 is 0.684 bits per heavy atom. The fourth-order valence-corrected chi connectivity index (χ4v) is 10.6. The predicted octanol–water partition coefficient (Wildman–Crippen LogP) is 16.5. The van der Waals surface area contributed by atoms with Crippen LogP contribution in [0, 0.1) is 0 Å². The molecule has 0 atom stereocenters. The first-order chi connectivity index (χ1) is 37.2. The second kappa shape index (κ2) is 27.5. The highest BCUT2D eigenvalue weighted by Crippen LogP contribution is 2.48. The smallest absolute Gasteiger partial charge is 0.251 e. The molecule has 0 aliphatic carbocycles. The Balaban J connectivity index is 1.26. The molecule has 8 nitrogen and oxygen atoms in total. The normalized spacial score (nSPS) is 11.4. The molecule has 0 aliphatic heterocycles. The van der Waals surface area contributed by atoms with Gasteiger partial charge in [-0.3, -0.25) is 19.2 Å². The van der Waals surface area contributed by atoms with Crippen molar-refractivity contribution >= 4 is 55.9 Å². The number of amides is 4. The zero-order chi connectivity index (χ0) is 53.2. The molecule has 0 fully saturated rings. The van der Waals surface area contributed by atoms with Crippen LogP contribution in [0.4, 0.5) is 0 Å². The summed E-state index contributed by atoms with van der Waals surface area (Å²) in [6.07, 6.45) is 17.4. The molecule has 394 valence electrons. The first-order valence-electron chi connectivity index (χ1n) is 28.6. The van der Waals surface area contributed by atoms with Crippen LogP contribution in [0.15, 0.2) is 133 Å². The van der Waals surface area contributed by atoms with E-state index in [2.05, 4.69) is 134 Å². The number of benzene rings is 8. The maximum absolute atomic E-state index is 13.3. The van der Waals surface area contributed by atoms with E-state index in [1.165, 1.54) is 0 Å². The Labute approximate surface area is 451 Å². The highest BCUT2D eigenvalue weighted by atomic mass is 16.2. The lowest BCUT2D eigenvalue weighted by Gasteiger charge is -2.22. The fourth-order valence-electron chi connectivity index (χ4n) is 10.6. The molecule has 8 aromatic carbocycles. The third-order valence-corrected chi connectivity index (χ3v) is 15.0. The SMILES string of the molecule is CCCCCCNC(=O)c1ccc(-c2cc(-c3ccc(C(=O)NCCCCCC)cc3)c3ccc4c(-c5ccc(C(=O)NCCCCCC)cc5)cc(-c5ccc(C(=O)NCCCCCC)cc5)c5ccc2c3c54)cc1. The van der Waals surface area contributed by atoms with Gasteiger partial charge in [0.15, 0.2) is 0 Å². The quantitative estimate of drug-likeness (QED) is 0.0289. The summed E-state index contributed by atoms with van der Waals surface area (Å²) in [4.78, 5) is 53.4. The standard InChI is InChI=1S/C68H78N4O4/c1-5-9-13-17-41-69-65(73)51-29-21-47(22-30-51)59-45-60(48-23-31-52(32-24-48)66(74)70-42-18-14-10-6-2)56-39-40-58-62(50-27-35-54(36-28-50)68(76)72-44-20-16-12-8-4)46-61(57-38-37-55(59)63(56)64(57)58)49-25-33-53(34-26-49)67(75)71-43-19-15-11-7-3/h21-40,45-46H,5-20,41-44H2,1-4H3,(H,69,73)(H,70,74)(H,71,75)(H,72,76). The molecule has 0 heterocycles. The molecule has 76 heavy (non-hydrogen) atoms. The Hall–Kier alpha value is -7.32. The van der Waals surface area contributed by atoms with Crippen molar-refractivity contribution in [1.82, 2.24) is 21.3 Å². The van der Waals surface area contributed by atoms with Crippen LogP contribution in [-0.4, -0.2) is 49.8 Å². The molecule has 0 spiro atoms. The van der Waals surface area contributed by atoms with Gasteiger partial charge in [0.2, 0.25) is 0 Å². The number of hydrogen-bond acceptors (Lipinski definition) is 4. The lowest BCUT2D eigenvalue weighted by Crippen LogP contribution is -2.24. The van der Waals surface area contributed by atoms with E-state index in [1.807, 2.05) is 48.5 Å². The van der Waals surface area contributed by atoms with E-state index in [4.69, 9.17) is 0 Å². The van der Waals surface area contributed by atoms with Crippen molar-refractivity contribution in [2.75, 3.05) is 26.2 Å². The van der Waals surface area contributed by atoms with E-state index in [-0.39, 0.29) is 23.6 Å². The molecule has 4 N–H and O–H groups in total. The van der Waals surface area contributed by atoms with Crippen LogP contribution in [0.1, 0.15) is 172 Å². The zero-order valence-electron chi connectivity index (χ0n) is 45.5. The summed E-state index contributed by atoms with van der Waals surface area (Å²) in [5.74, 6) is -0.291. The van der Waals surface area contributed by atoms with E-state index < -0.39 is 0 Å². The van der Waals surface area contributed by atoms with E-state index in [1.54, 1.807) is 0 Å². The van der Waals surface area contributed by atoms with Gasteiger partial charge < -0.3 is 21.3 Å². The largest absolute Gasteiger partial charge is 0.352 e. The highest BCUT2D eigenvalue weighted by Gasteiger charge is 2.22. The summed E-state index contributed by atoms with van der Waals surface area (Å²) in [6.45, 7) is 11.4. The van der Waals surface area contributed by atoms with Crippen molar-refractivity contribution in [3.05, 3.63) is 156 Å². The molecule has 0 saturated heterocycles. The lowest BCUT2D eigenvalue weighted by molar-refractivity contribution is 0.0944. The van der Waals surface area contributed by atoms with Crippen molar-refractivity contribution in [2.45, 2.75) is 130 Å². The van der Waals surface area contributed by atoms with E-state index in [9.17, 15) is 19.2 Å². The first kappa shape index (κ1) is 54.9. The van der Waals surface area contributed by atoms with Gasteiger partial charge >= 0.3 is 0 Å². The minimum absolute atomic E-state index is 0.0728. The number of carbonyl (C=O) groups excluding carboxylic acids is 4. The molecule has 8 heteroatoms. The highest BCUT2D eigenvalue weighted by molar-refractivity contribution is 6.32. The Morgan fingerprint density at radius 2 is 0.487 bits per heavy atom. The topological polar surface area (TPSA) is 116 Å². The van der Waals surface area contributed by atoms with Crippen LogP contribution in [0.25, 0.3) is 76.8 Å². The second-order valence-electron chi connectivity index (χ2n) is 20.6. The molecule has 0 saturated carbocycles. The molecule has 0 bridgehead atoms. The van der Waals surface area contributed by atoms with Gasteiger partial charge in [-0.05, 0) is 163 Å². The Bertz CT molecular complexity index is 2770. The molecular weight excluding hydrogens is 937 g/mol. The molecular formula is C68H78N4O4. The molecule has 0 radical (unpaired) electrons. The average molecular weight is 1020 g/mol. The summed E-state index contributed by atoms with van der Waals surface area (Å²) in [5.41, 5.74) is 10.5. The van der Waals surface area contributed by atoms with E-state index >= 15 is 0 Å². The summed E-state index contributed by atoms with van der Waals surface area (Å²) in [7, 11) is 0. The Kier molecular flexibility index (Phi) is 19.8. The summed E-state index contributed by atoms with van der Waals surface area (Å²) in [5, 5.41) is 19.0. The summed E-state index contributed by atoms with van der Waals surface area (Å²) in [6, 6.07) is 45.3. The van der Waals surface area contributed by atoms with Gasteiger partial charge in [0.1, 0.15) is 0 Å². The number of unbranched alkanes of at least 4 members (excludes halogenated alkanes) is 12. The van der Waals surface area contributed by atoms with Crippen molar-refractivity contribution < 1.29 is 19.2 Å². The van der Waals surface area contributed by atoms with Gasteiger partial charge in [0.25, 0.3) is 23.6 Å². The average Bonchev–Trinajstić information content (AvgIpc) is 3.52. The van der Waals surface area contributed by atoms with Crippen LogP contribution >= 0.6 is 0 Å². The van der Waals surface area contributed by atoms with Crippen molar-refractivity contribution in [1.29, 1.82) is 0 Å². The summed E-state index contributed by atoms with van der Waals surface area (Å²) < 4.78 is 0. The maximum atomic E-state index is 13.3. The van der Waals surface area contributed by atoms with Gasteiger partial charge in [0, 0.05) is 48.4 Å². The van der Waals surface area contributed by atoms with E-state index in [0.29, 0.717) is 48.4 Å². The minimum Gasteiger partial charge on any atom is -0.352 e. The molecule has 8 aromatic rings. The molecule has 0 aliphatic rings. The predicted molar refractivity (Wildman–Crippen MR) is 318 cm³/mol. The molecule has 0 unspecified atom stereocenters. The number of nitrogens with one attached hydrogen (secondary N) is 4. The summed E-state index contributed by atoms with van der Waals surface area (Å²) >= 11 is 0. The third-order valence-electron chi connectivity index (χ3n) is 15.0. The maximum Gasteiger partial charge on any atom is 0.251 e. The van der Waals surface area contributed by atoms with Crippen molar-refractivity contribution in [2.24, 2.45) is 0 Å². The van der Waals surface area contributed by atoms with Gasteiger partial charge in [-0.25, -0.2) is 0 Å². The van der Waals surface area contributed by atoms with Gasteiger partial charge in [-0.15, -0.1) is 0 Å². The molecule has 0 aromatic heterocycles. The number of rotatable bonds is 28. The van der Waals surface area contributed by atoms with Gasteiger partial charge in [-0.2, -0.15) is 0 Å².